The van der Waals surface area contributed by atoms with Crippen LogP contribution in [0.1, 0.15) is 18.5 Å². The molecule has 0 aromatic heterocycles. The van der Waals surface area contributed by atoms with Crippen molar-refractivity contribution in [2.75, 3.05) is 19.7 Å². The number of rotatable bonds is 1. The average molecular weight is 220 g/mol. The van der Waals surface area contributed by atoms with Crippen LogP contribution in [0.5, 0.6) is 5.75 Å². The Bertz CT molecular complexity index is 392. The molecule has 1 aliphatic heterocycles. The zero-order valence-electron chi connectivity index (χ0n) is 9.35. The predicted octanol–water partition coefficient (Wildman–Crippen LogP) is 0.927. The number of hydrogen-bond donors (Lipinski definition) is 1. The van der Waals surface area contributed by atoms with E-state index in [1.807, 2.05) is 24.3 Å². The molecule has 0 radical (unpaired) electrons. The molecule has 1 unspecified atom stereocenters. The minimum atomic E-state index is -0.0730. The largest absolute Gasteiger partial charge is 0.491 e. The molecule has 2 rings (SSSR count). The Morgan fingerprint density at radius 2 is 2.31 bits per heavy atom. The molecule has 4 heteroatoms. The van der Waals surface area contributed by atoms with E-state index in [9.17, 15) is 4.79 Å². The SMILES string of the molecule is CC(=O)N1CCOc2ccccc2C1CN. The van der Waals surface area contributed by atoms with Crippen LogP contribution in [0.25, 0.3) is 0 Å². The zero-order valence-corrected chi connectivity index (χ0v) is 9.35. The van der Waals surface area contributed by atoms with Crippen molar-refractivity contribution in [2.45, 2.75) is 13.0 Å². The molecule has 1 aromatic rings. The van der Waals surface area contributed by atoms with Crippen molar-refractivity contribution in [3.8, 4) is 5.75 Å². The van der Waals surface area contributed by atoms with E-state index in [0.717, 1.165) is 11.3 Å². The quantitative estimate of drug-likeness (QED) is 0.766. The van der Waals surface area contributed by atoms with E-state index in [1.54, 1.807) is 11.8 Å². The van der Waals surface area contributed by atoms with Gasteiger partial charge in [0.15, 0.2) is 0 Å². The smallest absolute Gasteiger partial charge is 0.220 e. The summed E-state index contributed by atoms with van der Waals surface area (Å²) in [4.78, 5) is 13.3. The number of carbonyl (C=O) groups is 1. The molecule has 4 nitrogen and oxygen atoms in total. The zero-order chi connectivity index (χ0) is 11.5. The van der Waals surface area contributed by atoms with E-state index >= 15 is 0 Å². The monoisotopic (exact) mass is 220 g/mol. The Morgan fingerprint density at radius 1 is 1.56 bits per heavy atom. The predicted molar refractivity (Wildman–Crippen MR) is 61.1 cm³/mol. The van der Waals surface area contributed by atoms with E-state index < -0.39 is 0 Å². The van der Waals surface area contributed by atoms with E-state index in [0.29, 0.717) is 19.7 Å². The van der Waals surface area contributed by atoms with Crippen LogP contribution in [0.15, 0.2) is 24.3 Å². The summed E-state index contributed by atoms with van der Waals surface area (Å²) < 4.78 is 5.61. The molecule has 2 N–H and O–H groups in total. The summed E-state index contributed by atoms with van der Waals surface area (Å²) in [5.41, 5.74) is 6.76. The maximum absolute atomic E-state index is 11.5. The standard InChI is InChI=1S/C12H16N2O2/c1-9(15)14-6-7-16-12-5-3-2-4-10(12)11(14)8-13/h2-5,11H,6-8,13H2,1H3. The molecule has 0 fully saturated rings. The van der Waals surface area contributed by atoms with Gasteiger partial charge in [0.1, 0.15) is 12.4 Å². The van der Waals surface area contributed by atoms with Gasteiger partial charge in [0, 0.05) is 19.0 Å². The fourth-order valence-corrected chi connectivity index (χ4v) is 2.10. The molecule has 1 heterocycles. The third-order valence-electron chi connectivity index (χ3n) is 2.87. The fourth-order valence-electron chi connectivity index (χ4n) is 2.10. The lowest BCUT2D eigenvalue weighted by Crippen LogP contribution is -2.38. The fraction of sp³-hybridized carbons (Fsp3) is 0.417. The van der Waals surface area contributed by atoms with Gasteiger partial charge in [-0.3, -0.25) is 4.79 Å². The van der Waals surface area contributed by atoms with Crippen molar-refractivity contribution in [3.05, 3.63) is 29.8 Å². The molecule has 0 saturated carbocycles. The lowest BCUT2D eigenvalue weighted by molar-refractivity contribution is -0.131. The summed E-state index contributed by atoms with van der Waals surface area (Å²) in [6.45, 7) is 3.09. The first-order valence-electron chi connectivity index (χ1n) is 5.43. The van der Waals surface area contributed by atoms with E-state index in [1.165, 1.54) is 0 Å². The number of fused-ring (bicyclic) bond motifs is 1. The molecule has 1 aliphatic rings. The van der Waals surface area contributed by atoms with Gasteiger partial charge in [-0.05, 0) is 6.07 Å². The third kappa shape index (κ3) is 1.88. The normalized spacial score (nSPS) is 19.6. The molecule has 86 valence electrons. The lowest BCUT2D eigenvalue weighted by Gasteiger charge is -2.27. The Hall–Kier alpha value is -1.55. The summed E-state index contributed by atoms with van der Waals surface area (Å²) in [6, 6.07) is 7.68. The molecule has 1 atom stereocenters. The molecule has 1 amide bonds. The van der Waals surface area contributed by atoms with Gasteiger partial charge in [-0.1, -0.05) is 18.2 Å². The Balaban J connectivity index is 2.41. The molecule has 0 aliphatic carbocycles. The maximum Gasteiger partial charge on any atom is 0.220 e. The molecule has 0 bridgehead atoms. The molecular formula is C12H16N2O2. The average Bonchev–Trinajstić information content (AvgIpc) is 2.47. The van der Waals surface area contributed by atoms with Crippen LogP contribution < -0.4 is 10.5 Å². The van der Waals surface area contributed by atoms with Crippen LogP contribution in [-0.2, 0) is 4.79 Å². The Morgan fingerprint density at radius 3 is 3.00 bits per heavy atom. The molecule has 0 saturated heterocycles. The van der Waals surface area contributed by atoms with Gasteiger partial charge in [-0.2, -0.15) is 0 Å². The summed E-state index contributed by atoms with van der Waals surface area (Å²) >= 11 is 0. The van der Waals surface area contributed by atoms with Gasteiger partial charge >= 0.3 is 0 Å². The van der Waals surface area contributed by atoms with Crippen molar-refractivity contribution in [1.29, 1.82) is 0 Å². The van der Waals surface area contributed by atoms with Crippen molar-refractivity contribution >= 4 is 5.91 Å². The molecular weight excluding hydrogens is 204 g/mol. The van der Waals surface area contributed by atoms with Crippen LogP contribution in [-0.4, -0.2) is 30.5 Å². The first kappa shape index (κ1) is 11.0. The highest BCUT2D eigenvalue weighted by Crippen LogP contribution is 2.30. The van der Waals surface area contributed by atoms with Crippen LogP contribution in [0.4, 0.5) is 0 Å². The number of para-hydroxylation sites is 1. The second-order valence-electron chi connectivity index (χ2n) is 3.85. The Labute approximate surface area is 95.0 Å². The van der Waals surface area contributed by atoms with Crippen molar-refractivity contribution < 1.29 is 9.53 Å². The van der Waals surface area contributed by atoms with Gasteiger partial charge in [-0.25, -0.2) is 0 Å². The van der Waals surface area contributed by atoms with Gasteiger partial charge in [0.05, 0.1) is 12.6 Å². The lowest BCUT2D eigenvalue weighted by atomic mass is 10.0. The van der Waals surface area contributed by atoms with Crippen molar-refractivity contribution in [3.63, 3.8) is 0 Å². The Kier molecular flexibility index (Phi) is 3.10. The summed E-state index contributed by atoms with van der Waals surface area (Å²) in [6.07, 6.45) is 0. The molecule has 16 heavy (non-hydrogen) atoms. The minimum Gasteiger partial charge on any atom is -0.491 e. The first-order chi connectivity index (χ1) is 7.74. The number of amides is 1. The number of nitrogens with two attached hydrogens (primary N) is 1. The van der Waals surface area contributed by atoms with Crippen LogP contribution in [0.2, 0.25) is 0 Å². The summed E-state index contributed by atoms with van der Waals surface area (Å²) in [5.74, 6) is 0.873. The third-order valence-corrected chi connectivity index (χ3v) is 2.87. The highest BCUT2D eigenvalue weighted by atomic mass is 16.5. The summed E-state index contributed by atoms with van der Waals surface area (Å²) in [5, 5.41) is 0. The maximum atomic E-state index is 11.5. The minimum absolute atomic E-state index is 0.0377. The second kappa shape index (κ2) is 4.53. The molecule has 1 aromatic carbocycles. The van der Waals surface area contributed by atoms with Gasteiger partial charge in [-0.15, -0.1) is 0 Å². The topological polar surface area (TPSA) is 55.6 Å². The highest BCUT2D eigenvalue weighted by Gasteiger charge is 2.26. The number of ether oxygens (including phenoxy) is 1. The highest BCUT2D eigenvalue weighted by molar-refractivity contribution is 5.74. The number of nitrogens with zero attached hydrogens (tertiary/aromatic N) is 1. The van der Waals surface area contributed by atoms with E-state index in [4.69, 9.17) is 10.5 Å². The van der Waals surface area contributed by atoms with Gasteiger partial charge in [0.25, 0.3) is 0 Å². The van der Waals surface area contributed by atoms with E-state index in [2.05, 4.69) is 0 Å². The van der Waals surface area contributed by atoms with Crippen molar-refractivity contribution in [1.82, 2.24) is 4.90 Å². The van der Waals surface area contributed by atoms with Crippen LogP contribution in [0.3, 0.4) is 0 Å². The van der Waals surface area contributed by atoms with Crippen LogP contribution >= 0.6 is 0 Å². The number of benzene rings is 1. The van der Waals surface area contributed by atoms with Crippen molar-refractivity contribution in [2.24, 2.45) is 5.73 Å². The summed E-state index contributed by atoms with van der Waals surface area (Å²) in [7, 11) is 0. The molecule has 0 spiro atoms. The van der Waals surface area contributed by atoms with E-state index in [-0.39, 0.29) is 11.9 Å². The van der Waals surface area contributed by atoms with Gasteiger partial charge in [0.2, 0.25) is 5.91 Å². The number of carbonyl (C=O) groups excluding carboxylic acids is 1. The second-order valence-corrected chi connectivity index (χ2v) is 3.85. The first-order valence-corrected chi connectivity index (χ1v) is 5.43. The number of hydrogen-bond acceptors (Lipinski definition) is 3. The van der Waals surface area contributed by atoms with Crippen LogP contribution in [0, 0.1) is 0 Å². The van der Waals surface area contributed by atoms with Gasteiger partial charge < -0.3 is 15.4 Å².